The minimum Gasteiger partial charge on any atom is -0.479 e. The molecule has 2 aromatic carbocycles. The number of rotatable bonds is 8. The largest absolute Gasteiger partial charge is 0.479 e. The van der Waals surface area contributed by atoms with Gasteiger partial charge in [0.2, 0.25) is 0 Å². The molecule has 1 amide bonds. The molecule has 0 radical (unpaired) electrons. The van der Waals surface area contributed by atoms with E-state index in [0.717, 1.165) is 39.1 Å². The molecule has 0 bridgehead atoms. The first-order chi connectivity index (χ1) is 14.0. The molecule has 1 unspecified atom stereocenters. The molecular weight excluding hydrogens is 386 g/mol. The van der Waals surface area contributed by atoms with E-state index >= 15 is 0 Å². The van der Waals surface area contributed by atoms with Crippen LogP contribution in [0.3, 0.4) is 0 Å². The van der Waals surface area contributed by atoms with Gasteiger partial charge in [0.15, 0.2) is 6.10 Å². The molecule has 0 aliphatic carbocycles. The van der Waals surface area contributed by atoms with Crippen LogP contribution in [-0.2, 0) is 4.79 Å². The quantitative estimate of drug-likeness (QED) is 0.667. The predicted molar refractivity (Wildman–Crippen MR) is 119 cm³/mol. The van der Waals surface area contributed by atoms with Crippen molar-refractivity contribution >= 4 is 23.2 Å². The van der Waals surface area contributed by atoms with Gasteiger partial charge < -0.3 is 15.0 Å². The topological polar surface area (TPSA) is 44.8 Å². The second kappa shape index (κ2) is 10.5. The highest BCUT2D eigenvalue weighted by Gasteiger charge is 2.18. The number of carbonyl (C=O) groups excluding carboxylic acids is 1. The van der Waals surface area contributed by atoms with Crippen molar-refractivity contribution in [3.05, 3.63) is 59.1 Å². The van der Waals surface area contributed by atoms with Crippen LogP contribution in [0.5, 0.6) is 5.75 Å². The maximum atomic E-state index is 12.2. The van der Waals surface area contributed by atoms with E-state index in [1.165, 1.54) is 11.3 Å². The van der Waals surface area contributed by atoms with Crippen molar-refractivity contribution in [2.24, 2.45) is 0 Å². The standard InChI is InChI=1S/C23H30ClN3O2/c1-18-7-5-8-20(17-18)27-15-13-26(14-16-27)12-6-11-25-23(28)19(2)29-22-10-4-3-9-21(22)24/h3-5,7-10,17,19H,6,11-16H2,1-2H3,(H,25,28). The normalized spacial score (nSPS) is 15.8. The van der Waals surface area contributed by atoms with Gasteiger partial charge in [0, 0.05) is 38.4 Å². The second-order valence-electron chi connectivity index (χ2n) is 7.50. The number of para-hydroxylation sites is 1. The lowest BCUT2D eigenvalue weighted by Crippen LogP contribution is -2.47. The molecule has 1 fully saturated rings. The van der Waals surface area contributed by atoms with Crippen molar-refractivity contribution < 1.29 is 9.53 Å². The van der Waals surface area contributed by atoms with Crippen LogP contribution in [0.2, 0.25) is 5.02 Å². The summed E-state index contributed by atoms with van der Waals surface area (Å²) in [5.74, 6) is 0.414. The number of anilines is 1. The van der Waals surface area contributed by atoms with Gasteiger partial charge in [-0.2, -0.15) is 0 Å². The van der Waals surface area contributed by atoms with Crippen molar-refractivity contribution in [1.82, 2.24) is 10.2 Å². The van der Waals surface area contributed by atoms with Crippen LogP contribution in [-0.4, -0.2) is 56.2 Å². The molecule has 1 aliphatic rings. The number of amides is 1. The van der Waals surface area contributed by atoms with Crippen LogP contribution in [0.15, 0.2) is 48.5 Å². The highest BCUT2D eigenvalue weighted by atomic mass is 35.5. The molecule has 1 atom stereocenters. The van der Waals surface area contributed by atoms with Crippen LogP contribution in [0.25, 0.3) is 0 Å². The maximum absolute atomic E-state index is 12.2. The lowest BCUT2D eigenvalue weighted by Gasteiger charge is -2.36. The van der Waals surface area contributed by atoms with Gasteiger partial charge >= 0.3 is 0 Å². The van der Waals surface area contributed by atoms with Gasteiger partial charge in [0.1, 0.15) is 5.75 Å². The van der Waals surface area contributed by atoms with Gasteiger partial charge in [-0.15, -0.1) is 0 Å². The summed E-state index contributed by atoms with van der Waals surface area (Å²) >= 11 is 6.08. The van der Waals surface area contributed by atoms with E-state index < -0.39 is 6.10 Å². The Balaban J connectivity index is 1.32. The van der Waals surface area contributed by atoms with E-state index in [0.29, 0.717) is 17.3 Å². The molecule has 2 aromatic rings. The molecule has 0 spiro atoms. The third-order valence-electron chi connectivity index (χ3n) is 5.20. The molecule has 1 saturated heterocycles. The number of benzene rings is 2. The zero-order chi connectivity index (χ0) is 20.6. The van der Waals surface area contributed by atoms with Crippen molar-refractivity contribution in [2.75, 3.05) is 44.2 Å². The molecule has 5 nitrogen and oxygen atoms in total. The van der Waals surface area contributed by atoms with Crippen molar-refractivity contribution in [3.8, 4) is 5.75 Å². The molecular formula is C23H30ClN3O2. The van der Waals surface area contributed by atoms with Gasteiger partial charge in [-0.1, -0.05) is 35.9 Å². The summed E-state index contributed by atoms with van der Waals surface area (Å²) in [6.07, 6.45) is 0.349. The Morgan fingerprint density at radius 1 is 1.14 bits per heavy atom. The number of piperazine rings is 1. The smallest absolute Gasteiger partial charge is 0.260 e. The van der Waals surface area contributed by atoms with E-state index in [1.807, 2.05) is 12.1 Å². The predicted octanol–water partition coefficient (Wildman–Crippen LogP) is 3.74. The lowest BCUT2D eigenvalue weighted by molar-refractivity contribution is -0.127. The summed E-state index contributed by atoms with van der Waals surface area (Å²) in [6, 6.07) is 15.9. The number of halogens is 1. The Bertz CT molecular complexity index is 806. The van der Waals surface area contributed by atoms with Crippen LogP contribution in [0.1, 0.15) is 18.9 Å². The first-order valence-electron chi connectivity index (χ1n) is 10.3. The molecule has 6 heteroatoms. The molecule has 156 valence electrons. The van der Waals surface area contributed by atoms with Gasteiger partial charge in [0.05, 0.1) is 5.02 Å². The summed E-state index contributed by atoms with van der Waals surface area (Å²) in [4.78, 5) is 17.1. The zero-order valence-corrected chi connectivity index (χ0v) is 18.0. The fourth-order valence-electron chi connectivity index (χ4n) is 3.50. The van der Waals surface area contributed by atoms with Gasteiger partial charge in [0.25, 0.3) is 5.91 Å². The minimum atomic E-state index is -0.576. The minimum absolute atomic E-state index is 0.116. The Hall–Kier alpha value is -2.24. The highest BCUT2D eigenvalue weighted by Crippen LogP contribution is 2.24. The van der Waals surface area contributed by atoms with Gasteiger partial charge in [-0.25, -0.2) is 0 Å². The van der Waals surface area contributed by atoms with Gasteiger partial charge in [-0.3, -0.25) is 9.69 Å². The number of hydrogen-bond donors (Lipinski definition) is 1. The molecule has 3 rings (SSSR count). The van der Waals surface area contributed by atoms with Crippen LogP contribution in [0.4, 0.5) is 5.69 Å². The number of hydrogen-bond acceptors (Lipinski definition) is 4. The number of carbonyl (C=O) groups is 1. The van der Waals surface area contributed by atoms with Crippen molar-refractivity contribution in [3.63, 3.8) is 0 Å². The van der Waals surface area contributed by atoms with E-state index in [9.17, 15) is 4.79 Å². The maximum Gasteiger partial charge on any atom is 0.260 e. The average Bonchev–Trinajstić information content (AvgIpc) is 2.73. The van der Waals surface area contributed by atoms with Crippen molar-refractivity contribution in [2.45, 2.75) is 26.4 Å². The monoisotopic (exact) mass is 415 g/mol. The van der Waals surface area contributed by atoms with Crippen molar-refractivity contribution in [1.29, 1.82) is 0 Å². The molecule has 1 aliphatic heterocycles. The second-order valence-corrected chi connectivity index (χ2v) is 7.91. The third-order valence-corrected chi connectivity index (χ3v) is 5.51. The number of nitrogens with zero attached hydrogens (tertiary/aromatic N) is 2. The summed E-state index contributed by atoms with van der Waals surface area (Å²) in [6.45, 7) is 9.69. The molecule has 0 saturated carbocycles. The van der Waals surface area contributed by atoms with Gasteiger partial charge in [-0.05, 0) is 56.6 Å². The average molecular weight is 416 g/mol. The van der Waals surface area contributed by atoms with Crippen LogP contribution >= 0.6 is 11.6 Å². The highest BCUT2D eigenvalue weighted by molar-refractivity contribution is 6.32. The lowest BCUT2D eigenvalue weighted by atomic mass is 10.2. The SMILES string of the molecule is Cc1cccc(N2CCN(CCCNC(=O)C(C)Oc3ccccc3Cl)CC2)c1. The first kappa shape index (κ1) is 21.5. The van der Waals surface area contributed by atoms with Crippen LogP contribution in [0, 0.1) is 6.92 Å². The number of ether oxygens (including phenoxy) is 1. The van der Waals surface area contributed by atoms with E-state index in [1.54, 1.807) is 19.1 Å². The van der Waals surface area contributed by atoms with E-state index in [4.69, 9.17) is 16.3 Å². The Morgan fingerprint density at radius 2 is 1.90 bits per heavy atom. The first-order valence-corrected chi connectivity index (χ1v) is 10.6. The summed E-state index contributed by atoms with van der Waals surface area (Å²) in [5, 5.41) is 3.47. The molecule has 0 aromatic heterocycles. The molecule has 1 heterocycles. The summed E-state index contributed by atoms with van der Waals surface area (Å²) in [7, 11) is 0. The third kappa shape index (κ3) is 6.38. The van der Waals surface area contributed by atoms with E-state index in [2.05, 4.69) is 46.3 Å². The zero-order valence-electron chi connectivity index (χ0n) is 17.2. The number of aryl methyl sites for hydroxylation is 1. The fraction of sp³-hybridized carbons (Fsp3) is 0.435. The van der Waals surface area contributed by atoms with Crippen LogP contribution < -0.4 is 15.0 Å². The Morgan fingerprint density at radius 3 is 2.62 bits per heavy atom. The summed E-state index contributed by atoms with van der Waals surface area (Å²) < 4.78 is 5.66. The number of nitrogens with one attached hydrogen (secondary N) is 1. The van der Waals surface area contributed by atoms with E-state index in [-0.39, 0.29) is 5.91 Å². The Kier molecular flexibility index (Phi) is 7.78. The molecule has 29 heavy (non-hydrogen) atoms. The summed E-state index contributed by atoms with van der Waals surface area (Å²) in [5.41, 5.74) is 2.61. The Labute approximate surface area is 178 Å². The fourth-order valence-corrected chi connectivity index (χ4v) is 3.68. The molecule has 1 N–H and O–H groups in total.